The molecule has 0 aliphatic rings. The number of nitrogens with zero attached hydrogens (tertiary/aromatic N) is 4. The first-order chi connectivity index (χ1) is 9.45. The SMILES string of the molecule is O=C(O)c1ccc(-n2nnn(CO)c2=S)cc1C(=O)O. The standard InChI is InChI=1S/C10H8N4O5S/c15-4-13-10(20)14(12-11-13)5-1-2-6(8(16)17)7(3-5)9(18)19/h1-3,15H,4H2,(H,16,17)(H,18,19). The summed E-state index contributed by atoms with van der Waals surface area (Å²) in [4.78, 5) is 22.0. The van der Waals surface area contributed by atoms with Gasteiger partial charge in [-0.25, -0.2) is 9.59 Å². The normalized spacial score (nSPS) is 10.4. The molecule has 0 unspecified atom stereocenters. The highest BCUT2D eigenvalue weighted by Crippen LogP contribution is 2.15. The van der Waals surface area contributed by atoms with E-state index in [0.29, 0.717) is 0 Å². The Bertz CT molecular complexity index is 750. The van der Waals surface area contributed by atoms with Crippen LogP contribution in [-0.2, 0) is 6.73 Å². The van der Waals surface area contributed by atoms with Crippen molar-refractivity contribution in [3.63, 3.8) is 0 Å². The minimum absolute atomic E-state index is 0.0481. The van der Waals surface area contributed by atoms with Crippen LogP contribution in [0.15, 0.2) is 18.2 Å². The Kier molecular flexibility index (Phi) is 3.59. The fourth-order valence-corrected chi connectivity index (χ4v) is 1.79. The van der Waals surface area contributed by atoms with E-state index in [9.17, 15) is 9.59 Å². The number of carboxylic acids is 2. The van der Waals surface area contributed by atoms with E-state index in [0.717, 1.165) is 21.5 Å². The number of benzene rings is 1. The number of hydrogen-bond donors (Lipinski definition) is 3. The van der Waals surface area contributed by atoms with Crippen molar-refractivity contribution < 1.29 is 24.9 Å². The van der Waals surface area contributed by atoms with Crippen molar-refractivity contribution >= 4 is 24.2 Å². The van der Waals surface area contributed by atoms with Crippen molar-refractivity contribution in [2.45, 2.75) is 6.73 Å². The Balaban J connectivity index is 2.62. The number of rotatable bonds is 4. The van der Waals surface area contributed by atoms with Crippen molar-refractivity contribution in [1.29, 1.82) is 0 Å². The lowest BCUT2D eigenvalue weighted by molar-refractivity contribution is 0.0651. The molecular weight excluding hydrogens is 288 g/mol. The third-order valence-electron chi connectivity index (χ3n) is 2.48. The van der Waals surface area contributed by atoms with Gasteiger partial charge >= 0.3 is 11.9 Å². The van der Waals surface area contributed by atoms with Gasteiger partial charge in [-0.05, 0) is 40.8 Å². The van der Waals surface area contributed by atoms with Gasteiger partial charge in [0.05, 0.1) is 16.8 Å². The second-order valence-electron chi connectivity index (χ2n) is 3.65. The topological polar surface area (TPSA) is 130 Å². The molecule has 0 spiro atoms. The molecule has 0 aliphatic heterocycles. The van der Waals surface area contributed by atoms with E-state index in [4.69, 9.17) is 27.5 Å². The molecule has 0 fully saturated rings. The summed E-state index contributed by atoms with van der Waals surface area (Å²) in [6, 6.07) is 3.61. The number of carboxylic acid groups (broad SMARTS) is 2. The van der Waals surface area contributed by atoms with E-state index in [2.05, 4.69) is 10.4 Å². The molecule has 1 heterocycles. The zero-order valence-corrected chi connectivity index (χ0v) is 10.6. The molecule has 0 saturated heterocycles. The first-order valence-corrected chi connectivity index (χ1v) is 5.61. The highest BCUT2D eigenvalue weighted by molar-refractivity contribution is 7.71. The van der Waals surface area contributed by atoms with E-state index >= 15 is 0 Å². The Morgan fingerprint density at radius 2 is 1.80 bits per heavy atom. The summed E-state index contributed by atoms with van der Waals surface area (Å²) in [5.41, 5.74) is -0.505. The molecule has 0 radical (unpaired) electrons. The molecule has 2 aromatic rings. The van der Waals surface area contributed by atoms with E-state index in [1.807, 2.05) is 0 Å². The number of carbonyl (C=O) groups is 2. The molecule has 0 bridgehead atoms. The maximum atomic E-state index is 11.1. The smallest absolute Gasteiger partial charge is 0.336 e. The summed E-state index contributed by atoms with van der Waals surface area (Å²) in [5.74, 6) is -2.73. The van der Waals surface area contributed by atoms with Crippen LogP contribution in [-0.4, -0.2) is 47.0 Å². The predicted octanol–water partition coefficient (Wildman–Crippen LogP) is 0.144. The van der Waals surface area contributed by atoms with Crippen LogP contribution in [0.4, 0.5) is 0 Å². The summed E-state index contributed by atoms with van der Waals surface area (Å²) >= 11 is 4.98. The number of hydrogen-bond acceptors (Lipinski definition) is 6. The van der Waals surface area contributed by atoms with Gasteiger partial charge in [0.1, 0.15) is 6.73 Å². The maximum absolute atomic E-state index is 11.1. The minimum Gasteiger partial charge on any atom is -0.478 e. The van der Waals surface area contributed by atoms with E-state index < -0.39 is 24.2 Å². The zero-order chi connectivity index (χ0) is 14.9. The first-order valence-electron chi connectivity index (χ1n) is 5.20. The van der Waals surface area contributed by atoms with Gasteiger partial charge in [0.25, 0.3) is 0 Å². The van der Waals surface area contributed by atoms with Crippen LogP contribution in [0, 0.1) is 4.77 Å². The third-order valence-corrected chi connectivity index (χ3v) is 2.87. The third kappa shape index (κ3) is 2.29. The molecule has 3 N–H and O–H groups in total. The highest BCUT2D eigenvalue weighted by atomic mass is 32.1. The Labute approximate surface area is 116 Å². The molecule has 2 rings (SSSR count). The molecule has 0 aliphatic carbocycles. The van der Waals surface area contributed by atoms with Gasteiger partial charge in [-0.3, -0.25) is 0 Å². The summed E-state index contributed by atoms with van der Waals surface area (Å²) in [7, 11) is 0. The van der Waals surface area contributed by atoms with E-state index in [-0.39, 0.29) is 16.0 Å². The van der Waals surface area contributed by atoms with E-state index in [1.165, 1.54) is 6.07 Å². The van der Waals surface area contributed by atoms with Gasteiger partial charge in [0.15, 0.2) is 0 Å². The molecular formula is C10H8N4O5S. The summed E-state index contributed by atoms with van der Waals surface area (Å²) in [5, 5.41) is 34.1. The summed E-state index contributed by atoms with van der Waals surface area (Å²) in [6.45, 7) is -0.474. The maximum Gasteiger partial charge on any atom is 0.336 e. The lowest BCUT2D eigenvalue weighted by atomic mass is 10.1. The molecule has 10 heteroatoms. The number of aromatic carboxylic acids is 2. The fourth-order valence-electron chi connectivity index (χ4n) is 1.55. The quantitative estimate of drug-likeness (QED) is 0.679. The van der Waals surface area contributed by atoms with Gasteiger partial charge in [-0.2, -0.15) is 9.36 Å². The molecule has 9 nitrogen and oxygen atoms in total. The Morgan fingerprint density at radius 3 is 2.30 bits per heavy atom. The van der Waals surface area contributed by atoms with Crippen molar-refractivity contribution in [1.82, 2.24) is 19.8 Å². The van der Waals surface area contributed by atoms with Crippen molar-refractivity contribution in [3.8, 4) is 5.69 Å². The van der Waals surface area contributed by atoms with Crippen LogP contribution in [0.25, 0.3) is 5.69 Å². The van der Waals surface area contributed by atoms with Crippen LogP contribution in [0.1, 0.15) is 20.7 Å². The van der Waals surface area contributed by atoms with Crippen molar-refractivity contribution in [2.24, 2.45) is 0 Å². The molecule has 0 saturated carbocycles. The number of aromatic nitrogens is 4. The van der Waals surface area contributed by atoms with Crippen LogP contribution >= 0.6 is 12.2 Å². The lowest BCUT2D eigenvalue weighted by Gasteiger charge is -2.05. The minimum atomic E-state index is -1.38. The second kappa shape index (κ2) is 5.19. The number of aliphatic hydroxyl groups excluding tert-OH is 1. The summed E-state index contributed by atoms with van der Waals surface area (Å²) < 4.78 is 2.18. The zero-order valence-electron chi connectivity index (χ0n) is 9.79. The molecule has 1 aromatic carbocycles. The van der Waals surface area contributed by atoms with Gasteiger partial charge in [-0.15, -0.1) is 0 Å². The first kappa shape index (κ1) is 13.8. The van der Waals surface area contributed by atoms with Gasteiger partial charge in [0, 0.05) is 0 Å². The molecule has 0 amide bonds. The van der Waals surface area contributed by atoms with Crippen LogP contribution in [0.2, 0.25) is 0 Å². The van der Waals surface area contributed by atoms with Crippen LogP contribution < -0.4 is 0 Å². The number of aliphatic hydroxyl groups is 1. The monoisotopic (exact) mass is 296 g/mol. The number of tetrazole rings is 1. The van der Waals surface area contributed by atoms with Gasteiger partial charge in [-0.1, -0.05) is 0 Å². The average molecular weight is 296 g/mol. The largest absolute Gasteiger partial charge is 0.478 e. The predicted molar refractivity (Wildman–Crippen MR) is 66.3 cm³/mol. The van der Waals surface area contributed by atoms with Crippen molar-refractivity contribution in [3.05, 3.63) is 34.1 Å². The van der Waals surface area contributed by atoms with Crippen molar-refractivity contribution in [2.75, 3.05) is 0 Å². The molecule has 0 atom stereocenters. The second-order valence-corrected chi connectivity index (χ2v) is 4.02. The molecule has 20 heavy (non-hydrogen) atoms. The van der Waals surface area contributed by atoms with Crippen LogP contribution in [0.5, 0.6) is 0 Å². The van der Waals surface area contributed by atoms with Gasteiger partial charge < -0.3 is 15.3 Å². The van der Waals surface area contributed by atoms with Gasteiger partial charge in [0.2, 0.25) is 4.77 Å². The Morgan fingerprint density at radius 1 is 1.15 bits per heavy atom. The fraction of sp³-hybridized carbons (Fsp3) is 0.100. The summed E-state index contributed by atoms with van der Waals surface area (Å²) in [6.07, 6.45) is 0. The highest BCUT2D eigenvalue weighted by Gasteiger charge is 2.17. The van der Waals surface area contributed by atoms with Crippen LogP contribution in [0.3, 0.4) is 0 Å². The molecule has 1 aromatic heterocycles. The lowest BCUT2D eigenvalue weighted by Crippen LogP contribution is -2.10. The van der Waals surface area contributed by atoms with E-state index in [1.54, 1.807) is 0 Å². The molecule has 104 valence electrons. The average Bonchev–Trinajstić information content (AvgIpc) is 2.78. The Hall–Kier alpha value is -2.59.